The summed E-state index contributed by atoms with van der Waals surface area (Å²) in [7, 11) is 0. The van der Waals surface area contributed by atoms with E-state index < -0.39 is 12.0 Å². The van der Waals surface area contributed by atoms with Crippen LogP contribution in [0, 0.1) is 5.82 Å². The highest BCUT2D eigenvalue weighted by molar-refractivity contribution is 6.09. The first-order valence-corrected chi connectivity index (χ1v) is 10.4. The molecule has 1 saturated heterocycles. The fraction of sp³-hybridized carbons (Fsp3) is 0.261. The van der Waals surface area contributed by atoms with E-state index in [2.05, 4.69) is 10.3 Å². The van der Waals surface area contributed by atoms with Crippen LogP contribution in [0.15, 0.2) is 42.6 Å². The molecule has 0 unspecified atom stereocenters. The van der Waals surface area contributed by atoms with Gasteiger partial charge in [-0.15, -0.1) is 0 Å². The van der Waals surface area contributed by atoms with Gasteiger partial charge in [0.15, 0.2) is 5.75 Å². The fourth-order valence-electron chi connectivity index (χ4n) is 4.17. The third-order valence-corrected chi connectivity index (χ3v) is 5.79. The maximum absolute atomic E-state index is 13.3. The number of carbonyl (C=O) groups excluding carboxylic acids is 2. The quantitative estimate of drug-likeness (QED) is 0.656. The maximum atomic E-state index is 13.3. The standard InChI is InChI=1S/C23H21FN4O4/c24-15-5-3-14(4-6-15)12-28-13-17-18(22(28)30)20(29)19-16(2-1-7-26-19)21(17)32-23(31)27-10-8-25-9-11-27/h1-7,25,29H,8-13H2. The number of phenols is 1. The van der Waals surface area contributed by atoms with Crippen LogP contribution in [0.1, 0.15) is 21.5 Å². The SMILES string of the molecule is O=C(Oc1c2c(c(O)c3ncccc13)C(=O)N(Cc1ccc(F)cc1)C2)N1CCNCC1. The Kier molecular flexibility index (Phi) is 5.10. The van der Waals surface area contributed by atoms with E-state index in [-0.39, 0.29) is 41.5 Å². The number of aromatic nitrogens is 1. The Morgan fingerprint density at radius 2 is 1.94 bits per heavy atom. The van der Waals surface area contributed by atoms with Gasteiger partial charge >= 0.3 is 6.09 Å². The van der Waals surface area contributed by atoms with Gasteiger partial charge in [0.2, 0.25) is 0 Å². The lowest BCUT2D eigenvalue weighted by molar-refractivity contribution is 0.0764. The molecule has 2 aromatic carbocycles. The Balaban J connectivity index is 1.53. The predicted molar refractivity (Wildman–Crippen MR) is 114 cm³/mol. The highest BCUT2D eigenvalue weighted by Crippen LogP contribution is 2.44. The monoisotopic (exact) mass is 436 g/mol. The van der Waals surface area contributed by atoms with Crippen molar-refractivity contribution in [1.82, 2.24) is 20.1 Å². The molecule has 0 aliphatic carbocycles. The predicted octanol–water partition coefficient (Wildman–Crippen LogP) is 2.64. The van der Waals surface area contributed by atoms with Crippen molar-refractivity contribution in [3.63, 3.8) is 0 Å². The first-order valence-electron chi connectivity index (χ1n) is 10.4. The van der Waals surface area contributed by atoms with Crippen LogP contribution in [0.25, 0.3) is 10.9 Å². The number of ether oxygens (including phenoxy) is 1. The number of aromatic hydroxyl groups is 1. The summed E-state index contributed by atoms with van der Waals surface area (Å²) in [5.41, 5.74) is 1.47. The van der Waals surface area contributed by atoms with Gasteiger partial charge in [0.1, 0.15) is 17.1 Å². The van der Waals surface area contributed by atoms with E-state index in [1.165, 1.54) is 23.2 Å². The van der Waals surface area contributed by atoms with Crippen LogP contribution in [0.5, 0.6) is 11.5 Å². The molecule has 0 spiro atoms. The third-order valence-electron chi connectivity index (χ3n) is 5.79. The summed E-state index contributed by atoms with van der Waals surface area (Å²) >= 11 is 0. The first kappa shape index (κ1) is 20.2. The largest absolute Gasteiger partial charge is 0.505 e. The third kappa shape index (κ3) is 3.50. The van der Waals surface area contributed by atoms with Gasteiger partial charge in [0.25, 0.3) is 5.91 Å². The minimum Gasteiger partial charge on any atom is -0.505 e. The minimum absolute atomic E-state index is 0.0847. The molecule has 0 radical (unpaired) electrons. The lowest BCUT2D eigenvalue weighted by Crippen LogP contribution is -2.47. The van der Waals surface area contributed by atoms with Gasteiger partial charge in [0, 0.05) is 49.9 Å². The summed E-state index contributed by atoms with van der Waals surface area (Å²) in [5.74, 6) is -0.751. The minimum atomic E-state index is -0.506. The van der Waals surface area contributed by atoms with Crippen molar-refractivity contribution in [3.8, 4) is 11.5 Å². The number of nitrogens with zero attached hydrogens (tertiary/aromatic N) is 3. The lowest BCUT2D eigenvalue weighted by atomic mass is 10.0. The van der Waals surface area contributed by atoms with Crippen LogP contribution in [-0.2, 0) is 13.1 Å². The van der Waals surface area contributed by atoms with E-state index in [0.717, 1.165) is 5.56 Å². The molecule has 5 rings (SSSR count). The van der Waals surface area contributed by atoms with E-state index in [1.807, 2.05) is 0 Å². The molecule has 2 aliphatic rings. The van der Waals surface area contributed by atoms with E-state index >= 15 is 0 Å². The summed E-state index contributed by atoms with van der Waals surface area (Å²) in [6, 6.07) is 9.27. The summed E-state index contributed by atoms with van der Waals surface area (Å²) < 4.78 is 19.1. The van der Waals surface area contributed by atoms with E-state index in [0.29, 0.717) is 37.1 Å². The summed E-state index contributed by atoms with van der Waals surface area (Å²) in [5, 5.41) is 14.5. The topological polar surface area (TPSA) is 95.0 Å². The molecule has 0 atom stereocenters. The number of halogens is 1. The maximum Gasteiger partial charge on any atom is 0.415 e. The van der Waals surface area contributed by atoms with Gasteiger partial charge in [-0.1, -0.05) is 12.1 Å². The molecular weight excluding hydrogens is 415 g/mol. The molecule has 0 bridgehead atoms. The molecule has 1 fully saturated rings. The normalized spacial score (nSPS) is 15.8. The van der Waals surface area contributed by atoms with Crippen molar-refractivity contribution < 1.29 is 23.8 Å². The lowest BCUT2D eigenvalue weighted by Gasteiger charge is -2.27. The highest BCUT2D eigenvalue weighted by Gasteiger charge is 2.36. The number of amides is 2. The number of fused-ring (bicyclic) bond motifs is 2. The zero-order chi connectivity index (χ0) is 22.2. The Labute approximate surface area is 183 Å². The molecule has 164 valence electrons. The van der Waals surface area contributed by atoms with Crippen molar-refractivity contribution in [2.45, 2.75) is 13.1 Å². The molecule has 3 heterocycles. The second kappa shape index (κ2) is 8.08. The summed E-state index contributed by atoms with van der Waals surface area (Å²) in [4.78, 5) is 33.4. The molecule has 2 amide bonds. The number of hydrogen-bond donors (Lipinski definition) is 2. The second-order valence-electron chi connectivity index (χ2n) is 7.82. The van der Waals surface area contributed by atoms with Crippen molar-refractivity contribution in [2.75, 3.05) is 26.2 Å². The Bertz CT molecular complexity index is 1210. The zero-order valence-corrected chi connectivity index (χ0v) is 17.2. The molecule has 32 heavy (non-hydrogen) atoms. The molecule has 9 heteroatoms. The van der Waals surface area contributed by atoms with Gasteiger partial charge in [0.05, 0.1) is 12.1 Å². The summed E-state index contributed by atoms with van der Waals surface area (Å²) in [6.07, 6.45) is 1.00. The average molecular weight is 436 g/mol. The van der Waals surface area contributed by atoms with Gasteiger partial charge in [-0.25, -0.2) is 9.18 Å². The molecule has 8 nitrogen and oxygen atoms in total. The van der Waals surface area contributed by atoms with Gasteiger partial charge in [-0.3, -0.25) is 9.78 Å². The number of piperazine rings is 1. The smallest absolute Gasteiger partial charge is 0.415 e. The molecular formula is C23H21FN4O4. The van der Waals surface area contributed by atoms with Gasteiger partial charge < -0.3 is 25.0 Å². The van der Waals surface area contributed by atoms with Crippen molar-refractivity contribution in [2.24, 2.45) is 0 Å². The number of rotatable bonds is 3. The second-order valence-corrected chi connectivity index (χ2v) is 7.82. The van der Waals surface area contributed by atoms with Crippen LogP contribution in [0.4, 0.5) is 9.18 Å². The number of phenolic OH excluding ortho intramolecular Hbond substituents is 1. The van der Waals surface area contributed by atoms with E-state index in [1.54, 1.807) is 29.2 Å². The van der Waals surface area contributed by atoms with Crippen LogP contribution in [0.2, 0.25) is 0 Å². The van der Waals surface area contributed by atoms with E-state index in [9.17, 15) is 19.1 Å². The number of benzene rings is 2. The Morgan fingerprint density at radius 1 is 1.19 bits per heavy atom. The number of hydrogen-bond acceptors (Lipinski definition) is 6. The molecule has 2 aliphatic heterocycles. The molecule has 2 N–H and O–H groups in total. The molecule has 0 saturated carbocycles. The van der Waals surface area contributed by atoms with Crippen molar-refractivity contribution in [1.29, 1.82) is 0 Å². The van der Waals surface area contributed by atoms with Gasteiger partial charge in [-0.05, 0) is 29.8 Å². The summed E-state index contributed by atoms with van der Waals surface area (Å²) in [6.45, 7) is 2.76. The molecule has 3 aromatic rings. The van der Waals surface area contributed by atoms with Gasteiger partial charge in [-0.2, -0.15) is 0 Å². The Morgan fingerprint density at radius 3 is 2.69 bits per heavy atom. The van der Waals surface area contributed by atoms with Crippen molar-refractivity contribution in [3.05, 3.63) is 65.1 Å². The molecule has 1 aromatic heterocycles. The fourth-order valence-corrected chi connectivity index (χ4v) is 4.17. The first-order chi connectivity index (χ1) is 15.5. The number of carbonyl (C=O) groups is 2. The zero-order valence-electron chi connectivity index (χ0n) is 17.2. The number of pyridine rings is 1. The van der Waals surface area contributed by atoms with Crippen molar-refractivity contribution >= 4 is 22.9 Å². The van der Waals surface area contributed by atoms with Crippen LogP contribution in [-0.4, -0.2) is 58.1 Å². The van der Waals surface area contributed by atoms with Crippen LogP contribution < -0.4 is 10.1 Å². The number of nitrogens with one attached hydrogen (secondary N) is 1. The Hall–Kier alpha value is -3.72. The highest BCUT2D eigenvalue weighted by atomic mass is 19.1. The average Bonchev–Trinajstić information content (AvgIpc) is 3.14. The van der Waals surface area contributed by atoms with Crippen LogP contribution >= 0.6 is 0 Å². The van der Waals surface area contributed by atoms with E-state index in [4.69, 9.17) is 4.74 Å². The van der Waals surface area contributed by atoms with Crippen LogP contribution in [0.3, 0.4) is 0 Å².